The number of ether oxygens (including phenoxy) is 2. The molecule has 0 saturated heterocycles. The van der Waals surface area contributed by atoms with Crippen molar-refractivity contribution in [2.45, 2.75) is 6.42 Å². The number of hydrogen-bond acceptors (Lipinski definition) is 5. The highest BCUT2D eigenvalue weighted by Gasteiger charge is 2.08. The maximum absolute atomic E-state index is 11.3. The number of nitrogens with zero attached hydrogens (tertiary/aromatic N) is 1. The van der Waals surface area contributed by atoms with Gasteiger partial charge in [0.05, 0.1) is 6.42 Å². The number of carbonyl (C=O) groups is 2. The number of rotatable bonds is 6. The molecule has 104 valence electrons. The van der Waals surface area contributed by atoms with Gasteiger partial charge in [0.2, 0.25) is 5.91 Å². The molecule has 0 spiro atoms. The number of nitrogens with two attached hydrogens (primary N) is 1. The third kappa shape index (κ3) is 5.76. The zero-order chi connectivity index (χ0) is 14.3. The highest BCUT2D eigenvalue weighted by molar-refractivity contribution is 5.76. The Bertz CT molecular complexity index is 446. The maximum Gasteiger partial charge on any atom is 0.344 e. The fourth-order valence-electron chi connectivity index (χ4n) is 1.26. The third-order valence-corrected chi connectivity index (χ3v) is 2.29. The summed E-state index contributed by atoms with van der Waals surface area (Å²) in [5, 5.41) is 0. The highest BCUT2D eigenvalue weighted by atomic mass is 16.6. The van der Waals surface area contributed by atoms with Crippen molar-refractivity contribution in [1.82, 2.24) is 4.90 Å². The molecule has 2 N–H and O–H groups in total. The van der Waals surface area contributed by atoms with E-state index in [1.165, 1.54) is 4.90 Å². The lowest BCUT2D eigenvalue weighted by Crippen LogP contribution is -2.24. The van der Waals surface area contributed by atoms with Crippen LogP contribution < -0.4 is 10.5 Å². The molecule has 6 heteroatoms. The molecule has 0 aliphatic heterocycles. The Hall–Kier alpha value is -2.24. The molecule has 6 nitrogen and oxygen atoms in total. The van der Waals surface area contributed by atoms with Gasteiger partial charge in [0.25, 0.3) is 0 Å². The van der Waals surface area contributed by atoms with Crippen LogP contribution in [0.3, 0.4) is 0 Å². The number of nitrogen functional groups attached to an aromatic ring is 1. The Morgan fingerprint density at radius 3 is 2.68 bits per heavy atom. The van der Waals surface area contributed by atoms with Crippen LogP contribution in [0.15, 0.2) is 24.3 Å². The molecule has 0 aliphatic rings. The Kier molecular flexibility index (Phi) is 5.66. The van der Waals surface area contributed by atoms with Gasteiger partial charge in [0.15, 0.2) is 6.61 Å². The first-order valence-corrected chi connectivity index (χ1v) is 5.83. The van der Waals surface area contributed by atoms with E-state index in [4.69, 9.17) is 15.2 Å². The Labute approximate surface area is 112 Å². The summed E-state index contributed by atoms with van der Waals surface area (Å²) in [5.74, 6) is -0.111. The topological polar surface area (TPSA) is 81.9 Å². The van der Waals surface area contributed by atoms with E-state index in [2.05, 4.69) is 0 Å². The molecule has 1 aromatic carbocycles. The van der Waals surface area contributed by atoms with Crippen LogP contribution in [0.5, 0.6) is 5.75 Å². The lowest BCUT2D eigenvalue weighted by Gasteiger charge is -2.10. The van der Waals surface area contributed by atoms with Gasteiger partial charge in [-0.15, -0.1) is 0 Å². The molecule has 1 amide bonds. The Balaban J connectivity index is 2.23. The zero-order valence-corrected chi connectivity index (χ0v) is 11.1. The second-order valence-corrected chi connectivity index (χ2v) is 4.12. The molecular formula is C13H18N2O4. The molecular weight excluding hydrogens is 248 g/mol. The molecule has 0 aliphatic carbocycles. The maximum atomic E-state index is 11.3. The summed E-state index contributed by atoms with van der Waals surface area (Å²) in [6.07, 6.45) is 0.164. The molecule has 0 atom stereocenters. The van der Waals surface area contributed by atoms with Gasteiger partial charge in [0, 0.05) is 25.8 Å². The number of carbonyl (C=O) groups excluding carboxylic acids is 2. The summed E-state index contributed by atoms with van der Waals surface area (Å²) < 4.78 is 10.1. The van der Waals surface area contributed by atoms with Gasteiger partial charge < -0.3 is 20.1 Å². The minimum Gasteiger partial charge on any atom is -0.482 e. The van der Waals surface area contributed by atoms with Crippen LogP contribution in [-0.2, 0) is 14.3 Å². The Morgan fingerprint density at radius 1 is 1.32 bits per heavy atom. The molecule has 0 fully saturated rings. The second-order valence-electron chi connectivity index (χ2n) is 4.12. The van der Waals surface area contributed by atoms with Gasteiger partial charge in [0.1, 0.15) is 12.4 Å². The van der Waals surface area contributed by atoms with Crippen LogP contribution in [0, 0.1) is 0 Å². The minimum atomic E-state index is -0.519. The SMILES string of the molecule is CN(C)C(=O)CCOC(=O)COc1cccc(N)c1. The van der Waals surface area contributed by atoms with Crippen molar-refractivity contribution in [3.8, 4) is 5.75 Å². The fourth-order valence-corrected chi connectivity index (χ4v) is 1.26. The Morgan fingerprint density at radius 2 is 2.05 bits per heavy atom. The summed E-state index contributed by atoms with van der Waals surface area (Å²) in [7, 11) is 3.29. The zero-order valence-electron chi connectivity index (χ0n) is 11.1. The van der Waals surface area contributed by atoms with Gasteiger partial charge in [-0.05, 0) is 12.1 Å². The van der Waals surface area contributed by atoms with Crippen molar-refractivity contribution in [2.24, 2.45) is 0 Å². The van der Waals surface area contributed by atoms with Crippen molar-refractivity contribution in [2.75, 3.05) is 33.0 Å². The first-order chi connectivity index (χ1) is 8.99. The van der Waals surface area contributed by atoms with E-state index in [-0.39, 0.29) is 25.5 Å². The van der Waals surface area contributed by atoms with Crippen LogP contribution in [0.2, 0.25) is 0 Å². The van der Waals surface area contributed by atoms with Crippen LogP contribution in [0.4, 0.5) is 5.69 Å². The molecule has 0 radical (unpaired) electrons. The van der Waals surface area contributed by atoms with Crippen LogP contribution in [0.25, 0.3) is 0 Å². The number of amides is 1. The quantitative estimate of drug-likeness (QED) is 0.604. The number of anilines is 1. The molecule has 0 heterocycles. The molecule has 1 aromatic rings. The lowest BCUT2D eigenvalue weighted by atomic mass is 10.3. The van der Waals surface area contributed by atoms with Gasteiger partial charge in [-0.25, -0.2) is 4.79 Å². The second kappa shape index (κ2) is 7.25. The summed E-state index contributed by atoms with van der Waals surface area (Å²) in [6, 6.07) is 6.76. The lowest BCUT2D eigenvalue weighted by molar-refractivity contribution is -0.147. The van der Waals surface area contributed by atoms with Gasteiger partial charge in [-0.3, -0.25) is 4.79 Å². The van der Waals surface area contributed by atoms with Crippen molar-refractivity contribution in [3.63, 3.8) is 0 Å². The summed E-state index contributed by atoms with van der Waals surface area (Å²) in [6.45, 7) is -0.157. The fraction of sp³-hybridized carbons (Fsp3) is 0.385. The average Bonchev–Trinajstić information content (AvgIpc) is 2.36. The predicted octanol–water partition coefficient (Wildman–Crippen LogP) is 0.669. The normalized spacial score (nSPS) is 9.79. The van der Waals surface area contributed by atoms with Crippen molar-refractivity contribution < 1.29 is 19.1 Å². The largest absolute Gasteiger partial charge is 0.482 e. The molecule has 0 bridgehead atoms. The van der Waals surface area contributed by atoms with Crippen LogP contribution in [0.1, 0.15) is 6.42 Å². The highest BCUT2D eigenvalue weighted by Crippen LogP contribution is 2.14. The van der Waals surface area contributed by atoms with Crippen molar-refractivity contribution >= 4 is 17.6 Å². The monoisotopic (exact) mass is 266 g/mol. The van der Waals surface area contributed by atoms with Gasteiger partial charge in [-0.2, -0.15) is 0 Å². The summed E-state index contributed by atoms with van der Waals surface area (Å²) >= 11 is 0. The van der Waals surface area contributed by atoms with Crippen LogP contribution in [-0.4, -0.2) is 44.1 Å². The van der Waals surface area contributed by atoms with E-state index in [1.54, 1.807) is 38.4 Å². The molecule has 0 unspecified atom stereocenters. The summed E-state index contributed by atoms with van der Waals surface area (Å²) in [4.78, 5) is 24.0. The number of hydrogen-bond donors (Lipinski definition) is 1. The molecule has 1 rings (SSSR count). The van der Waals surface area contributed by atoms with Gasteiger partial charge >= 0.3 is 5.97 Å². The number of esters is 1. The van der Waals surface area contributed by atoms with E-state index >= 15 is 0 Å². The third-order valence-electron chi connectivity index (χ3n) is 2.29. The predicted molar refractivity (Wildman–Crippen MR) is 70.6 cm³/mol. The first kappa shape index (κ1) is 14.8. The summed E-state index contributed by atoms with van der Waals surface area (Å²) in [5.41, 5.74) is 6.13. The van der Waals surface area contributed by atoms with E-state index in [1.807, 2.05) is 0 Å². The van der Waals surface area contributed by atoms with E-state index in [0.717, 1.165) is 0 Å². The van der Waals surface area contributed by atoms with Gasteiger partial charge in [-0.1, -0.05) is 6.07 Å². The average molecular weight is 266 g/mol. The number of benzene rings is 1. The van der Waals surface area contributed by atoms with E-state index in [0.29, 0.717) is 11.4 Å². The molecule has 0 saturated carbocycles. The van der Waals surface area contributed by atoms with Crippen molar-refractivity contribution in [1.29, 1.82) is 0 Å². The van der Waals surface area contributed by atoms with Crippen molar-refractivity contribution in [3.05, 3.63) is 24.3 Å². The smallest absolute Gasteiger partial charge is 0.344 e. The molecule has 0 aromatic heterocycles. The van der Waals surface area contributed by atoms with E-state index < -0.39 is 5.97 Å². The standard InChI is InChI=1S/C13H18N2O4/c1-15(2)12(16)6-7-18-13(17)9-19-11-5-3-4-10(14)8-11/h3-5,8H,6-7,9,14H2,1-2H3. The first-order valence-electron chi connectivity index (χ1n) is 5.83. The van der Waals surface area contributed by atoms with E-state index in [9.17, 15) is 9.59 Å². The minimum absolute atomic E-state index is 0.0517. The van der Waals surface area contributed by atoms with Crippen LogP contribution >= 0.6 is 0 Å². The molecule has 19 heavy (non-hydrogen) atoms.